The molecule has 0 aromatic carbocycles. The molecule has 4 heteroatoms. The van der Waals surface area contributed by atoms with Crippen LogP contribution in [0, 0.1) is 13.8 Å². The minimum atomic E-state index is -0.0864. The largest absolute Gasteiger partial charge is 0.397 e. The van der Waals surface area contributed by atoms with Gasteiger partial charge >= 0.3 is 0 Å². The van der Waals surface area contributed by atoms with Crippen LogP contribution in [0.3, 0.4) is 0 Å². The zero-order chi connectivity index (χ0) is 10.5. The van der Waals surface area contributed by atoms with Crippen molar-refractivity contribution >= 4 is 11.4 Å². The second-order valence-electron chi connectivity index (χ2n) is 3.94. The summed E-state index contributed by atoms with van der Waals surface area (Å²) in [5, 5.41) is 0. The third kappa shape index (κ3) is 1.10. The summed E-state index contributed by atoms with van der Waals surface area (Å²) >= 11 is 0. The molecule has 0 saturated heterocycles. The van der Waals surface area contributed by atoms with Gasteiger partial charge in [0.1, 0.15) is 5.69 Å². The number of hydrogen-bond donors (Lipinski definition) is 2. The van der Waals surface area contributed by atoms with Crippen molar-refractivity contribution in [3.63, 3.8) is 0 Å². The van der Waals surface area contributed by atoms with Gasteiger partial charge in [-0.15, -0.1) is 0 Å². The second kappa shape index (κ2) is 2.77. The number of nitrogen functional groups attached to an aromatic ring is 2. The van der Waals surface area contributed by atoms with Gasteiger partial charge in [-0.1, -0.05) is 0 Å². The molecular weight excluding hydrogens is 178 g/mol. The molecule has 4 N–H and O–H groups in total. The molecule has 1 heterocycles. The molecule has 0 spiro atoms. The van der Waals surface area contributed by atoms with E-state index in [-0.39, 0.29) is 5.56 Å². The summed E-state index contributed by atoms with van der Waals surface area (Å²) in [7, 11) is 0. The van der Waals surface area contributed by atoms with E-state index in [9.17, 15) is 4.79 Å². The first-order chi connectivity index (χ1) is 6.54. The maximum Gasteiger partial charge on any atom is 0.274 e. The zero-order valence-electron chi connectivity index (χ0n) is 8.50. The lowest BCUT2D eigenvalue weighted by molar-refractivity contribution is 0.685. The van der Waals surface area contributed by atoms with Crippen molar-refractivity contribution in [1.82, 2.24) is 4.57 Å². The number of hydrogen-bond acceptors (Lipinski definition) is 3. The third-order valence-corrected chi connectivity index (χ3v) is 2.92. The molecule has 0 radical (unpaired) electrons. The van der Waals surface area contributed by atoms with Crippen LogP contribution in [-0.2, 0) is 0 Å². The molecule has 1 fully saturated rings. The maximum atomic E-state index is 11.8. The lowest BCUT2D eigenvalue weighted by atomic mass is 10.1. The fraction of sp³-hybridized carbons (Fsp3) is 0.500. The molecule has 0 amide bonds. The van der Waals surface area contributed by atoms with Gasteiger partial charge in [-0.2, -0.15) is 0 Å². The highest BCUT2D eigenvalue weighted by atomic mass is 16.1. The highest BCUT2D eigenvalue weighted by Crippen LogP contribution is 2.36. The van der Waals surface area contributed by atoms with E-state index >= 15 is 0 Å². The van der Waals surface area contributed by atoms with Crippen molar-refractivity contribution in [2.24, 2.45) is 0 Å². The van der Waals surface area contributed by atoms with Gasteiger partial charge in [-0.25, -0.2) is 0 Å². The summed E-state index contributed by atoms with van der Waals surface area (Å²) in [5.74, 6) is 0. The summed E-state index contributed by atoms with van der Waals surface area (Å²) in [5.41, 5.74) is 14.0. The van der Waals surface area contributed by atoms with Crippen LogP contribution in [0.1, 0.15) is 30.1 Å². The van der Waals surface area contributed by atoms with E-state index < -0.39 is 0 Å². The van der Waals surface area contributed by atoms with Gasteiger partial charge in [0.15, 0.2) is 0 Å². The van der Waals surface area contributed by atoms with Gasteiger partial charge in [-0.3, -0.25) is 4.79 Å². The quantitative estimate of drug-likeness (QED) is 0.697. The normalized spacial score (nSPS) is 15.9. The molecule has 0 unspecified atom stereocenters. The summed E-state index contributed by atoms with van der Waals surface area (Å²) in [6, 6.07) is 0.327. The SMILES string of the molecule is Cc1c(N)c(C)n(C2CC2)c(=O)c1N. The van der Waals surface area contributed by atoms with Crippen LogP contribution in [0.25, 0.3) is 0 Å². The number of nitrogens with two attached hydrogens (primary N) is 2. The van der Waals surface area contributed by atoms with Crippen LogP contribution in [-0.4, -0.2) is 4.57 Å². The van der Waals surface area contributed by atoms with Crippen molar-refractivity contribution in [3.8, 4) is 0 Å². The van der Waals surface area contributed by atoms with Crippen LogP contribution in [0.15, 0.2) is 4.79 Å². The molecule has 1 saturated carbocycles. The van der Waals surface area contributed by atoms with Crippen LogP contribution in [0.4, 0.5) is 11.4 Å². The third-order valence-electron chi connectivity index (χ3n) is 2.92. The van der Waals surface area contributed by atoms with E-state index in [1.807, 2.05) is 6.92 Å². The van der Waals surface area contributed by atoms with Crippen molar-refractivity contribution in [2.75, 3.05) is 11.5 Å². The lowest BCUT2D eigenvalue weighted by Gasteiger charge is -2.14. The fourth-order valence-electron chi connectivity index (χ4n) is 1.76. The summed E-state index contributed by atoms with van der Waals surface area (Å²) in [6.45, 7) is 3.66. The number of pyridine rings is 1. The molecular formula is C10H15N3O. The zero-order valence-corrected chi connectivity index (χ0v) is 8.50. The van der Waals surface area contributed by atoms with E-state index in [1.165, 1.54) is 0 Å². The van der Waals surface area contributed by atoms with Crippen LogP contribution in [0.5, 0.6) is 0 Å². The summed E-state index contributed by atoms with van der Waals surface area (Å²) in [4.78, 5) is 11.8. The molecule has 1 aromatic heterocycles. The molecule has 1 aromatic rings. The Morgan fingerprint density at radius 1 is 1.21 bits per heavy atom. The van der Waals surface area contributed by atoms with Gasteiger partial charge in [0.2, 0.25) is 0 Å². The predicted molar refractivity (Wildman–Crippen MR) is 57.3 cm³/mol. The fourth-order valence-corrected chi connectivity index (χ4v) is 1.76. The first kappa shape index (κ1) is 9.12. The first-order valence-corrected chi connectivity index (χ1v) is 4.80. The molecule has 4 nitrogen and oxygen atoms in total. The predicted octanol–water partition coefficient (Wildman–Crippen LogP) is 0.964. The van der Waals surface area contributed by atoms with Crippen molar-refractivity contribution in [1.29, 1.82) is 0 Å². The van der Waals surface area contributed by atoms with Gasteiger partial charge in [-0.05, 0) is 26.7 Å². The van der Waals surface area contributed by atoms with E-state index in [4.69, 9.17) is 11.5 Å². The van der Waals surface area contributed by atoms with Crippen LogP contribution < -0.4 is 17.0 Å². The molecule has 0 aliphatic heterocycles. The Morgan fingerprint density at radius 2 is 1.79 bits per heavy atom. The molecule has 14 heavy (non-hydrogen) atoms. The average Bonchev–Trinajstić information content (AvgIpc) is 2.96. The lowest BCUT2D eigenvalue weighted by Crippen LogP contribution is -2.26. The molecule has 0 atom stereocenters. The Morgan fingerprint density at radius 3 is 2.29 bits per heavy atom. The van der Waals surface area contributed by atoms with Gasteiger partial charge < -0.3 is 16.0 Å². The Hall–Kier alpha value is -1.45. The van der Waals surface area contributed by atoms with Crippen molar-refractivity contribution in [2.45, 2.75) is 32.7 Å². The number of aromatic nitrogens is 1. The van der Waals surface area contributed by atoms with E-state index in [1.54, 1.807) is 11.5 Å². The Balaban J connectivity index is 2.76. The minimum absolute atomic E-state index is 0.0864. The van der Waals surface area contributed by atoms with Gasteiger partial charge in [0.25, 0.3) is 5.56 Å². The smallest absolute Gasteiger partial charge is 0.274 e. The highest BCUT2D eigenvalue weighted by molar-refractivity contribution is 5.62. The van der Waals surface area contributed by atoms with E-state index in [0.29, 0.717) is 23.0 Å². The maximum absolute atomic E-state index is 11.8. The highest BCUT2D eigenvalue weighted by Gasteiger charge is 2.28. The minimum Gasteiger partial charge on any atom is -0.397 e. The molecule has 0 bridgehead atoms. The van der Waals surface area contributed by atoms with Gasteiger partial charge in [0.05, 0.1) is 5.69 Å². The Kier molecular flexibility index (Phi) is 1.80. The van der Waals surface area contributed by atoms with E-state index in [0.717, 1.165) is 18.5 Å². The number of rotatable bonds is 1. The summed E-state index contributed by atoms with van der Waals surface area (Å²) in [6.07, 6.45) is 2.12. The Bertz CT molecular complexity index is 444. The number of nitrogens with zero attached hydrogens (tertiary/aromatic N) is 1. The monoisotopic (exact) mass is 193 g/mol. The van der Waals surface area contributed by atoms with Crippen LogP contribution in [0.2, 0.25) is 0 Å². The van der Waals surface area contributed by atoms with Crippen molar-refractivity contribution in [3.05, 3.63) is 21.6 Å². The Labute approximate surface area is 82.5 Å². The molecule has 76 valence electrons. The first-order valence-electron chi connectivity index (χ1n) is 4.80. The van der Waals surface area contributed by atoms with Crippen LogP contribution >= 0.6 is 0 Å². The molecule has 2 rings (SSSR count). The summed E-state index contributed by atoms with van der Waals surface area (Å²) < 4.78 is 1.73. The van der Waals surface area contributed by atoms with E-state index in [2.05, 4.69) is 0 Å². The standard InChI is InChI=1S/C10H15N3O/c1-5-8(11)6(2)13(7-3-4-7)10(14)9(5)12/h7H,3-4,11-12H2,1-2H3. The second-order valence-corrected chi connectivity index (χ2v) is 3.94. The average molecular weight is 193 g/mol. The molecule has 1 aliphatic carbocycles. The molecule has 1 aliphatic rings. The number of anilines is 2. The van der Waals surface area contributed by atoms with Crippen molar-refractivity contribution < 1.29 is 0 Å². The topological polar surface area (TPSA) is 74.0 Å². The van der Waals surface area contributed by atoms with Gasteiger partial charge in [0, 0.05) is 17.3 Å².